The van der Waals surface area contributed by atoms with Crippen molar-refractivity contribution in [2.24, 2.45) is 0 Å². The first-order chi connectivity index (χ1) is 13.1. The highest BCUT2D eigenvalue weighted by molar-refractivity contribution is 5.87. The Kier molecular flexibility index (Phi) is 6.28. The molecule has 4 heteroatoms. The summed E-state index contributed by atoms with van der Waals surface area (Å²) < 4.78 is 5.48. The van der Waals surface area contributed by atoms with Gasteiger partial charge in [-0.05, 0) is 35.6 Å². The van der Waals surface area contributed by atoms with Gasteiger partial charge in [-0.2, -0.15) is 0 Å². The molecule has 0 saturated carbocycles. The standard InChI is InChI=1S/C23H27NO3/c1-3-4-5-14-22(25)16(2)24-23(26)27-15-21-19-12-8-6-10-17(19)18-11-7-9-13-20(18)21/h6-13,16,21H,3-5,14-15H2,1-2H3,(H,24,26)/t16-/m0/s1. The highest BCUT2D eigenvalue weighted by Crippen LogP contribution is 2.44. The fourth-order valence-electron chi connectivity index (χ4n) is 3.66. The second-order valence-electron chi connectivity index (χ2n) is 7.11. The minimum Gasteiger partial charge on any atom is -0.449 e. The maximum Gasteiger partial charge on any atom is 0.407 e. The third kappa shape index (κ3) is 4.38. The van der Waals surface area contributed by atoms with E-state index in [1.54, 1.807) is 6.92 Å². The molecular formula is C23H27NO3. The van der Waals surface area contributed by atoms with Crippen molar-refractivity contribution in [2.45, 2.75) is 51.5 Å². The van der Waals surface area contributed by atoms with Crippen LogP contribution < -0.4 is 5.32 Å². The van der Waals surface area contributed by atoms with Crippen LogP contribution in [0, 0.1) is 0 Å². The molecule has 3 rings (SSSR count). The fraction of sp³-hybridized carbons (Fsp3) is 0.391. The van der Waals surface area contributed by atoms with Gasteiger partial charge in [-0.15, -0.1) is 0 Å². The number of hydrogen-bond acceptors (Lipinski definition) is 3. The summed E-state index contributed by atoms with van der Waals surface area (Å²) in [7, 11) is 0. The molecule has 27 heavy (non-hydrogen) atoms. The van der Waals surface area contributed by atoms with Gasteiger partial charge in [-0.3, -0.25) is 4.79 Å². The van der Waals surface area contributed by atoms with E-state index in [2.05, 4.69) is 36.5 Å². The highest BCUT2D eigenvalue weighted by Gasteiger charge is 2.29. The number of Topliss-reactive ketones (excluding diaryl/α,β-unsaturated/α-hetero) is 1. The Hall–Kier alpha value is -2.62. The molecule has 2 aromatic rings. The number of amides is 1. The number of ketones is 1. The summed E-state index contributed by atoms with van der Waals surface area (Å²) in [5.41, 5.74) is 4.74. The quantitative estimate of drug-likeness (QED) is 0.665. The second-order valence-corrected chi connectivity index (χ2v) is 7.11. The molecular weight excluding hydrogens is 338 g/mol. The van der Waals surface area contributed by atoms with Crippen molar-refractivity contribution in [1.29, 1.82) is 0 Å². The Morgan fingerprint density at radius 1 is 1.00 bits per heavy atom. The number of rotatable bonds is 8. The maximum atomic E-state index is 12.2. The van der Waals surface area contributed by atoms with Crippen LogP contribution in [-0.4, -0.2) is 24.5 Å². The lowest BCUT2D eigenvalue weighted by Crippen LogP contribution is -2.39. The van der Waals surface area contributed by atoms with Crippen LogP contribution >= 0.6 is 0 Å². The summed E-state index contributed by atoms with van der Waals surface area (Å²) >= 11 is 0. The first-order valence-corrected chi connectivity index (χ1v) is 9.76. The summed E-state index contributed by atoms with van der Waals surface area (Å²) in [5.74, 6) is 0.0793. The van der Waals surface area contributed by atoms with Gasteiger partial charge in [0.25, 0.3) is 0 Å². The first kappa shape index (κ1) is 19.2. The molecule has 0 aromatic heterocycles. The Morgan fingerprint density at radius 2 is 1.59 bits per heavy atom. The average Bonchev–Trinajstić information content (AvgIpc) is 3.00. The number of nitrogens with one attached hydrogen (secondary N) is 1. The van der Waals surface area contributed by atoms with E-state index in [1.165, 1.54) is 22.3 Å². The van der Waals surface area contributed by atoms with E-state index >= 15 is 0 Å². The summed E-state index contributed by atoms with van der Waals surface area (Å²) in [5, 5.41) is 2.67. The van der Waals surface area contributed by atoms with E-state index in [4.69, 9.17) is 4.74 Å². The SMILES string of the molecule is CCCCCC(=O)[C@H](C)NC(=O)OCC1c2ccccc2-c2ccccc21. The van der Waals surface area contributed by atoms with Crippen molar-refractivity contribution in [3.63, 3.8) is 0 Å². The van der Waals surface area contributed by atoms with Crippen LogP contribution in [0.3, 0.4) is 0 Å². The van der Waals surface area contributed by atoms with Crippen molar-refractivity contribution in [3.05, 3.63) is 59.7 Å². The van der Waals surface area contributed by atoms with Crippen LogP contribution in [0.5, 0.6) is 0 Å². The van der Waals surface area contributed by atoms with Crippen LogP contribution in [0.4, 0.5) is 4.79 Å². The number of alkyl carbamates (subject to hydrolysis) is 1. The first-order valence-electron chi connectivity index (χ1n) is 9.76. The van der Waals surface area contributed by atoms with Gasteiger partial charge in [0.15, 0.2) is 5.78 Å². The molecule has 1 amide bonds. The van der Waals surface area contributed by atoms with E-state index in [-0.39, 0.29) is 18.3 Å². The van der Waals surface area contributed by atoms with E-state index in [1.807, 2.05) is 24.3 Å². The highest BCUT2D eigenvalue weighted by atomic mass is 16.5. The molecule has 0 heterocycles. The minimum absolute atomic E-state index is 0.0266. The van der Waals surface area contributed by atoms with Gasteiger partial charge in [-0.25, -0.2) is 4.79 Å². The second kappa shape index (κ2) is 8.85. The largest absolute Gasteiger partial charge is 0.449 e. The molecule has 0 aliphatic heterocycles. The number of unbranched alkanes of at least 4 members (excludes halogenated alkanes) is 2. The lowest BCUT2D eigenvalue weighted by Gasteiger charge is -2.16. The number of ether oxygens (including phenoxy) is 1. The zero-order valence-corrected chi connectivity index (χ0v) is 16.0. The van der Waals surface area contributed by atoms with Crippen LogP contribution in [-0.2, 0) is 9.53 Å². The maximum absolute atomic E-state index is 12.2. The molecule has 0 unspecified atom stereocenters. The number of benzene rings is 2. The Balaban J connectivity index is 1.58. The van der Waals surface area contributed by atoms with Crippen molar-refractivity contribution in [1.82, 2.24) is 5.32 Å². The number of carbonyl (C=O) groups is 2. The molecule has 1 aliphatic carbocycles. The van der Waals surface area contributed by atoms with Crippen LogP contribution in [0.2, 0.25) is 0 Å². The zero-order valence-electron chi connectivity index (χ0n) is 16.0. The van der Waals surface area contributed by atoms with E-state index in [0.29, 0.717) is 6.42 Å². The third-order valence-electron chi connectivity index (χ3n) is 5.19. The minimum atomic E-state index is -0.534. The smallest absolute Gasteiger partial charge is 0.407 e. The molecule has 0 fully saturated rings. The summed E-state index contributed by atoms with van der Waals surface area (Å²) in [6, 6.07) is 15.9. The Morgan fingerprint density at radius 3 is 2.19 bits per heavy atom. The Labute approximate surface area is 160 Å². The third-order valence-corrected chi connectivity index (χ3v) is 5.19. The monoisotopic (exact) mass is 365 g/mol. The molecule has 0 bridgehead atoms. The Bertz CT molecular complexity index is 769. The van der Waals surface area contributed by atoms with Gasteiger partial charge in [0.05, 0.1) is 6.04 Å². The van der Waals surface area contributed by atoms with Gasteiger partial charge in [-0.1, -0.05) is 68.3 Å². The van der Waals surface area contributed by atoms with Gasteiger partial charge >= 0.3 is 6.09 Å². The van der Waals surface area contributed by atoms with E-state index in [9.17, 15) is 9.59 Å². The lowest BCUT2D eigenvalue weighted by atomic mass is 9.98. The van der Waals surface area contributed by atoms with Crippen LogP contribution in [0.25, 0.3) is 11.1 Å². The van der Waals surface area contributed by atoms with Crippen molar-refractivity contribution >= 4 is 11.9 Å². The normalized spacial score (nSPS) is 13.6. The topological polar surface area (TPSA) is 55.4 Å². The lowest BCUT2D eigenvalue weighted by molar-refractivity contribution is -0.120. The van der Waals surface area contributed by atoms with E-state index in [0.717, 1.165) is 19.3 Å². The summed E-state index contributed by atoms with van der Waals surface area (Å²) in [4.78, 5) is 24.3. The summed E-state index contributed by atoms with van der Waals surface area (Å²) in [6.07, 6.45) is 2.93. The van der Waals surface area contributed by atoms with Crippen molar-refractivity contribution in [3.8, 4) is 11.1 Å². The predicted octanol–water partition coefficient (Wildman–Crippen LogP) is 5.06. The van der Waals surface area contributed by atoms with Gasteiger partial charge in [0, 0.05) is 12.3 Å². The van der Waals surface area contributed by atoms with Crippen LogP contribution in [0.1, 0.15) is 56.6 Å². The number of hydrogen-bond donors (Lipinski definition) is 1. The summed E-state index contributed by atoms with van der Waals surface area (Å²) in [6.45, 7) is 4.08. The molecule has 0 spiro atoms. The molecule has 0 radical (unpaired) electrons. The van der Waals surface area contributed by atoms with E-state index < -0.39 is 12.1 Å². The number of carbonyl (C=O) groups excluding carboxylic acids is 2. The van der Waals surface area contributed by atoms with Gasteiger partial charge < -0.3 is 10.1 Å². The zero-order chi connectivity index (χ0) is 19.2. The molecule has 1 atom stereocenters. The molecule has 2 aromatic carbocycles. The molecule has 1 N–H and O–H groups in total. The predicted molar refractivity (Wildman–Crippen MR) is 107 cm³/mol. The van der Waals surface area contributed by atoms with Gasteiger partial charge in [0.1, 0.15) is 6.61 Å². The van der Waals surface area contributed by atoms with Crippen molar-refractivity contribution < 1.29 is 14.3 Å². The fourth-order valence-corrected chi connectivity index (χ4v) is 3.66. The van der Waals surface area contributed by atoms with Crippen molar-refractivity contribution in [2.75, 3.05) is 6.61 Å². The number of fused-ring (bicyclic) bond motifs is 3. The molecule has 4 nitrogen and oxygen atoms in total. The van der Waals surface area contributed by atoms with Gasteiger partial charge in [0.2, 0.25) is 0 Å². The molecule has 142 valence electrons. The molecule has 0 saturated heterocycles. The average molecular weight is 365 g/mol. The van der Waals surface area contributed by atoms with Crippen LogP contribution in [0.15, 0.2) is 48.5 Å². The molecule has 1 aliphatic rings.